The molecule has 3 aromatic carbocycles. The number of fused-ring (bicyclic) bond motifs is 1. The Bertz CT molecular complexity index is 1200. The van der Waals surface area contributed by atoms with Crippen molar-refractivity contribution in [3.8, 4) is 0 Å². The van der Waals surface area contributed by atoms with E-state index in [0.717, 1.165) is 0 Å². The van der Waals surface area contributed by atoms with Gasteiger partial charge in [0.2, 0.25) is 11.8 Å². The number of carbonyl (C=O) groups excluding carboxylic acids is 3. The molecule has 1 unspecified atom stereocenters. The van der Waals surface area contributed by atoms with Gasteiger partial charge in [0, 0.05) is 28.9 Å². The van der Waals surface area contributed by atoms with Crippen LogP contribution in [0, 0.1) is 0 Å². The van der Waals surface area contributed by atoms with Crippen molar-refractivity contribution in [2.45, 2.75) is 19.4 Å². The molecule has 0 fully saturated rings. The first kappa shape index (κ1) is 22.4. The smallest absolute Gasteiger partial charge is 0.257 e. The SMILES string of the molecule is CC1CC(=O)Nc2ccccc2N1C(=O)CNc1ccccc1C(=O)Nc1ccc(Cl)cc1. The molecule has 7 nitrogen and oxygen atoms in total. The van der Waals surface area contributed by atoms with Gasteiger partial charge in [-0.25, -0.2) is 0 Å². The number of anilines is 4. The summed E-state index contributed by atoms with van der Waals surface area (Å²) >= 11 is 5.90. The third-order valence-corrected chi connectivity index (χ3v) is 5.58. The van der Waals surface area contributed by atoms with Gasteiger partial charge in [-0.15, -0.1) is 0 Å². The van der Waals surface area contributed by atoms with Crippen molar-refractivity contribution in [2.24, 2.45) is 0 Å². The quantitative estimate of drug-likeness (QED) is 0.509. The van der Waals surface area contributed by atoms with Crippen LogP contribution in [0.25, 0.3) is 0 Å². The van der Waals surface area contributed by atoms with Crippen LogP contribution in [0.3, 0.4) is 0 Å². The second-order valence-electron chi connectivity index (χ2n) is 7.74. The van der Waals surface area contributed by atoms with Crippen molar-refractivity contribution in [2.75, 3.05) is 27.4 Å². The lowest BCUT2D eigenvalue weighted by atomic mass is 10.1. The number of benzene rings is 3. The molecule has 0 radical (unpaired) electrons. The predicted molar refractivity (Wildman–Crippen MR) is 131 cm³/mol. The van der Waals surface area contributed by atoms with Crippen molar-refractivity contribution in [1.29, 1.82) is 0 Å². The maximum atomic E-state index is 13.2. The summed E-state index contributed by atoms with van der Waals surface area (Å²) in [6, 6.07) is 20.7. The number of halogens is 1. The van der Waals surface area contributed by atoms with Crippen LogP contribution >= 0.6 is 11.6 Å². The largest absolute Gasteiger partial charge is 0.375 e. The van der Waals surface area contributed by atoms with Crippen molar-refractivity contribution in [3.63, 3.8) is 0 Å². The zero-order chi connectivity index (χ0) is 23.4. The first-order valence-corrected chi connectivity index (χ1v) is 10.9. The molecule has 1 atom stereocenters. The molecule has 4 rings (SSSR count). The third kappa shape index (κ3) is 5.15. The average Bonchev–Trinajstić information content (AvgIpc) is 2.93. The zero-order valence-electron chi connectivity index (χ0n) is 18.0. The van der Waals surface area contributed by atoms with Gasteiger partial charge in [-0.3, -0.25) is 14.4 Å². The van der Waals surface area contributed by atoms with E-state index in [1.165, 1.54) is 0 Å². The number of nitrogens with zero attached hydrogens (tertiary/aromatic N) is 1. The molecule has 0 bridgehead atoms. The van der Waals surface area contributed by atoms with Crippen LogP contribution in [0.1, 0.15) is 23.7 Å². The van der Waals surface area contributed by atoms with Gasteiger partial charge in [0.15, 0.2) is 0 Å². The van der Waals surface area contributed by atoms with Crippen LogP contribution in [-0.2, 0) is 9.59 Å². The summed E-state index contributed by atoms with van der Waals surface area (Å²) in [7, 11) is 0. The van der Waals surface area contributed by atoms with Crippen molar-refractivity contribution < 1.29 is 14.4 Å². The minimum atomic E-state index is -0.314. The minimum Gasteiger partial charge on any atom is -0.375 e. The van der Waals surface area contributed by atoms with E-state index in [4.69, 9.17) is 11.6 Å². The molecular weight excluding hydrogens is 440 g/mol. The Morgan fingerprint density at radius 3 is 2.52 bits per heavy atom. The number of amides is 3. The fourth-order valence-electron chi connectivity index (χ4n) is 3.79. The second kappa shape index (κ2) is 9.75. The van der Waals surface area contributed by atoms with Gasteiger partial charge in [-0.2, -0.15) is 0 Å². The Morgan fingerprint density at radius 2 is 1.73 bits per heavy atom. The number of rotatable bonds is 5. The van der Waals surface area contributed by atoms with Gasteiger partial charge in [-0.05, 0) is 55.5 Å². The minimum absolute atomic E-state index is 0.0435. The molecule has 0 aromatic heterocycles. The third-order valence-electron chi connectivity index (χ3n) is 5.33. The van der Waals surface area contributed by atoms with E-state index in [1.807, 2.05) is 25.1 Å². The van der Waals surface area contributed by atoms with E-state index < -0.39 is 0 Å². The van der Waals surface area contributed by atoms with Crippen LogP contribution in [0.5, 0.6) is 0 Å². The highest BCUT2D eigenvalue weighted by molar-refractivity contribution is 6.30. The Morgan fingerprint density at radius 1 is 1.03 bits per heavy atom. The Balaban J connectivity index is 1.50. The fraction of sp³-hybridized carbons (Fsp3) is 0.160. The van der Waals surface area contributed by atoms with Gasteiger partial charge in [-0.1, -0.05) is 35.9 Å². The molecule has 3 N–H and O–H groups in total. The maximum Gasteiger partial charge on any atom is 0.257 e. The van der Waals surface area contributed by atoms with E-state index in [0.29, 0.717) is 33.3 Å². The summed E-state index contributed by atoms with van der Waals surface area (Å²) in [5, 5.41) is 9.35. The highest BCUT2D eigenvalue weighted by Crippen LogP contribution is 2.31. The molecule has 1 heterocycles. The molecule has 0 spiro atoms. The molecule has 3 amide bonds. The highest BCUT2D eigenvalue weighted by atomic mass is 35.5. The summed E-state index contributed by atoms with van der Waals surface area (Å²) in [6.45, 7) is 1.80. The van der Waals surface area contributed by atoms with Crippen LogP contribution in [0.2, 0.25) is 5.02 Å². The van der Waals surface area contributed by atoms with Crippen molar-refractivity contribution in [1.82, 2.24) is 0 Å². The van der Waals surface area contributed by atoms with Crippen molar-refractivity contribution in [3.05, 3.63) is 83.4 Å². The van der Waals surface area contributed by atoms with E-state index in [2.05, 4.69) is 16.0 Å². The number of para-hydroxylation sites is 3. The summed E-state index contributed by atoms with van der Waals surface area (Å²) in [4.78, 5) is 39.9. The highest BCUT2D eigenvalue weighted by Gasteiger charge is 2.29. The van der Waals surface area contributed by atoms with Crippen LogP contribution < -0.4 is 20.9 Å². The number of hydrogen-bond acceptors (Lipinski definition) is 4. The summed E-state index contributed by atoms with van der Waals surface area (Å²) < 4.78 is 0. The number of nitrogens with one attached hydrogen (secondary N) is 3. The van der Waals surface area contributed by atoms with E-state index in [9.17, 15) is 14.4 Å². The monoisotopic (exact) mass is 462 g/mol. The van der Waals surface area contributed by atoms with Gasteiger partial charge < -0.3 is 20.9 Å². The summed E-state index contributed by atoms with van der Waals surface area (Å²) in [6.07, 6.45) is 0.195. The van der Waals surface area contributed by atoms with Gasteiger partial charge in [0.1, 0.15) is 0 Å². The number of carbonyl (C=O) groups is 3. The first-order valence-electron chi connectivity index (χ1n) is 10.5. The standard InChI is InChI=1S/C25H23ClN4O3/c1-16-14-23(31)29-21-8-4-5-9-22(21)30(16)24(32)15-27-20-7-3-2-6-19(20)25(33)28-18-12-10-17(26)11-13-18/h2-13,16,27H,14-15H2,1H3,(H,28,33)(H,29,31). The van der Waals surface area contributed by atoms with Gasteiger partial charge in [0.05, 0.1) is 23.5 Å². The van der Waals surface area contributed by atoms with Crippen LogP contribution in [0.4, 0.5) is 22.7 Å². The molecule has 3 aromatic rings. The molecule has 33 heavy (non-hydrogen) atoms. The lowest BCUT2D eigenvalue weighted by Gasteiger charge is -2.28. The lowest BCUT2D eigenvalue weighted by Crippen LogP contribution is -2.42. The topological polar surface area (TPSA) is 90.5 Å². The van der Waals surface area contributed by atoms with Crippen LogP contribution in [0.15, 0.2) is 72.8 Å². The van der Waals surface area contributed by atoms with E-state index >= 15 is 0 Å². The molecular formula is C25H23ClN4O3. The zero-order valence-corrected chi connectivity index (χ0v) is 18.7. The Hall–Kier alpha value is -3.84. The molecule has 0 saturated carbocycles. The molecule has 1 aliphatic rings. The predicted octanol–water partition coefficient (Wildman–Crippen LogP) is 4.77. The first-order chi connectivity index (χ1) is 15.9. The second-order valence-corrected chi connectivity index (χ2v) is 8.18. The lowest BCUT2D eigenvalue weighted by molar-refractivity contribution is -0.118. The maximum absolute atomic E-state index is 13.2. The number of hydrogen-bond donors (Lipinski definition) is 3. The van der Waals surface area contributed by atoms with Gasteiger partial charge >= 0.3 is 0 Å². The van der Waals surface area contributed by atoms with Gasteiger partial charge in [0.25, 0.3) is 5.91 Å². The summed E-state index contributed by atoms with van der Waals surface area (Å²) in [5.41, 5.74) is 2.80. The van der Waals surface area contributed by atoms with Crippen LogP contribution in [-0.4, -0.2) is 30.3 Å². The Kier molecular flexibility index (Phi) is 6.60. The van der Waals surface area contributed by atoms with E-state index in [1.54, 1.807) is 59.5 Å². The average molecular weight is 463 g/mol. The normalized spacial score (nSPS) is 15.2. The molecule has 8 heteroatoms. The Labute approximate surface area is 196 Å². The molecule has 168 valence electrons. The fourth-order valence-corrected chi connectivity index (χ4v) is 3.92. The molecule has 0 saturated heterocycles. The molecule has 1 aliphatic heterocycles. The van der Waals surface area contributed by atoms with E-state index in [-0.39, 0.29) is 36.7 Å². The van der Waals surface area contributed by atoms with Crippen molar-refractivity contribution >= 4 is 52.1 Å². The molecule has 0 aliphatic carbocycles. The summed E-state index contributed by atoms with van der Waals surface area (Å²) in [5.74, 6) is -0.655.